The summed E-state index contributed by atoms with van der Waals surface area (Å²) in [5.74, 6) is 0.687. The van der Waals surface area contributed by atoms with Crippen molar-refractivity contribution < 1.29 is 0 Å². The Morgan fingerprint density at radius 2 is 1.89 bits per heavy atom. The topological polar surface area (TPSA) is 54.7 Å². The molecule has 0 saturated heterocycles. The maximum absolute atomic E-state index is 6.04. The minimum atomic E-state index is 0.481. The fourth-order valence-electron chi connectivity index (χ4n) is 1.88. The van der Waals surface area contributed by atoms with Crippen LogP contribution in [0.5, 0.6) is 0 Å². The summed E-state index contributed by atoms with van der Waals surface area (Å²) in [7, 11) is 0. The number of hydrogen-bond acceptors (Lipinski definition) is 2. The molecule has 0 radical (unpaired) electrons. The van der Waals surface area contributed by atoms with Gasteiger partial charge in [0.15, 0.2) is 0 Å². The van der Waals surface area contributed by atoms with Crippen LogP contribution in [0.3, 0.4) is 0 Å². The predicted molar refractivity (Wildman–Crippen MR) is 83.7 cm³/mol. The molecule has 0 amide bonds. The molecular formula is C13H8BrCl2N3. The molecule has 3 aromatic rings. The first-order valence-corrected chi connectivity index (χ1v) is 7.00. The normalized spacial score (nSPS) is 11.1. The summed E-state index contributed by atoms with van der Waals surface area (Å²) in [4.78, 5) is 7.68. The lowest BCUT2D eigenvalue weighted by atomic mass is 10.2. The molecule has 3 rings (SSSR count). The molecule has 0 saturated carbocycles. The third-order valence-electron chi connectivity index (χ3n) is 2.83. The van der Waals surface area contributed by atoms with Crippen LogP contribution in [0, 0.1) is 0 Å². The summed E-state index contributed by atoms with van der Waals surface area (Å²) < 4.78 is 0.835. The maximum Gasteiger partial charge on any atom is 0.140 e. The van der Waals surface area contributed by atoms with Crippen molar-refractivity contribution in [2.24, 2.45) is 0 Å². The first kappa shape index (κ1) is 12.8. The molecule has 1 aromatic heterocycles. The number of para-hydroxylation sites is 1. The number of imidazole rings is 1. The summed E-state index contributed by atoms with van der Waals surface area (Å²) >= 11 is 15.4. The molecule has 0 aliphatic carbocycles. The molecule has 0 unspecified atom stereocenters. The molecule has 0 aliphatic heterocycles. The van der Waals surface area contributed by atoms with Gasteiger partial charge in [-0.15, -0.1) is 0 Å². The first-order valence-electron chi connectivity index (χ1n) is 5.45. The molecule has 3 nitrogen and oxygen atoms in total. The molecule has 6 heteroatoms. The number of benzene rings is 2. The van der Waals surface area contributed by atoms with E-state index in [0.717, 1.165) is 21.1 Å². The molecule has 0 bridgehead atoms. The van der Waals surface area contributed by atoms with Gasteiger partial charge in [0.1, 0.15) is 5.82 Å². The van der Waals surface area contributed by atoms with E-state index in [-0.39, 0.29) is 0 Å². The van der Waals surface area contributed by atoms with Crippen LogP contribution in [0.1, 0.15) is 0 Å². The highest BCUT2D eigenvalue weighted by Gasteiger charge is 2.11. The summed E-state index contributed by atoms with van der Waals surface area (Å²) in [6.45, 7) is 0. The zero-order valence-electron chi connectivity index (χ0n) is 9.55. The smallest absolute Gasteiger partial charge is 0.140 e. The van der Waals surface area contributed by atoms with Gasteiger partial charge in [0.25, 0.3) is 0 Å². The highest BCUT2D eigenvalue weighted by Crippen LogP contribution is 2.33. The second-order valence-electron chi connectivity index (χ2n) is 4.07. The van der Waals surface area contributed by atoms with E-state index in [2.05, 4.69) is 25.9 Å². The molecule has 0 spiro atoms. The van der Waals surface area contributed by atoms with Crippen LogP contribution in [0.2, 0.25) is 10.0 Å². The van der Waals surface area contributed by atoms with Crippen molar-refractivity contribution in [1.82, 2.24) is 9.97 Å². The minimum absolute atomic E-state index is 0.481. The summed E-state index contributed by atoms with van der Waals surface area (Å²) in [6.07, 6.45) is 0. The number of rotatable bonds is 1. The van der Waals surface area contributed by atoms with Gasteiger partial charge in [-0.1, -0.05) is 29.3 Å². The first-order chi connectivity index (χ1) is 9.06. The van der Waals surface area contributed by atoms with Crippen molar-refractivity contribution in [2.75, 3.05) is 5.73 Å². The lowest BCUT2D eigenvalue weighted by Gasteiger charge is -2.03. The maximum atomic E-state index is 6.04. The van der Waals surface area contributed by atoms with Crippen LogP contribution in [0.15, 0.2) is 34.8 Å². The molecule has 2 aromatic carbocycles. The average Bonchev–Trinajstić information content (AvgIpc) is 2.76. The van der Waals surface area contributed by atoms with Crippen molar-refractivity contribution in [3.8, 4) is 11.4 Å². The Balaban J connectivity index is 2.23. The number of nitrogens with zero attached hydrogens (tertiary/aromatic N) is 1. The lowest BCUT2D eigenvalue weighted by Crippen LogP contribution is -1.92. The van der Waals surface area contributed by atoms with E-state index < -0.39 is 0 Å². The number of H-pyrrole nitrogens is 1. The van der Waals surface area contributed by atoms with Gasteiger partial charge in [-0.25, -0.2) is 4.98 Å². The Morgan fingerprint density at radius 3 is 2.68 bits per heavy atom. The Kier molecular flexibility index (Phi) is 3.17. The standard InChI is InChI=1S/C13H8BrCl2N3/c14-7-3-1-2-6(12(7)17)13-18-10-4-8(15)9(16)5-11(10)19-13/h1-5H,17H2,(H,18,19). The number of nitrogens with one attached hydrogen (secondary N) is 1. The quantitative estimate of drug-likeness (QED) is 0.610. The number of aromatic nitrogens is 2. The van der Waals surface area contributed by atoms with E-state index in [9.17, 15) is 0 Å². The van der Waals surface area contributed by atoms with Crippen LogP contribution < -0.4 is 5.73 Å². The number of nitrogens with two attached hydrogens (primary N) is 1. The SMILES string of the molecule is Nc1c(Br)cccc1-c1nc2cc(Cl)c(Cl)cc2[nH]1. The number of nitrogen functional groups attached to an aromatic ring is 1. The van der Waals surface area contributed by atoms with Gasteiger partial charge < -0.3 is 10.7 Å². The monoisotopic (exact) mass is 355 g/mol. The van der Waals surface area contributed by atoms with Crippen molar-refractivity contribution in [1.29, 1.82) is 0 Å². The van der Waals surface area contributed by atoms with E-state index >= 15 is 0 Å². The third kappa shape index (κ3) is 2.20. The number of fused-ring (bicyclic) bond motifs is 1. The van der Waals surface area contributed by atoms with Crippen LogP contribution >= 0.6 is 39.1 Å². The molecule has 96 valence electrons. The van der Waals surface area contributed by atoms with Crippen molar-refractivity contribution >= 4 is 55.9 Å². The van der Waals surface area contributed by atoms with Crippen LogP contribution in [0.4, 0.5) is 5.69 Å². The Bertz CT molecular complexity index is 744. The summed E-state index contributed by atoms with van der Waals surface area (Å²) in [5, 5.41) is 0.973. The number of hydrogen-bond donors (Lipinski definition) is 2. The fraction of sp³-hybridized carbons (Fsp3) is 0. The lowest BCUT2D eigenvalue weighted by molar-refractivity contribution is 1.33. The average molecular weight is 357 g/mol. The number of aromatic amines is 1. The van der Waals surface area contributed by atoms with Gasteiger partial charge in [-0.05, 0) is 40.2 Å². The Labute approximate surface area is 127 Å². The van der Waals surface area contributed by atoms with Crippen LogP contribution in [-0.2, 0) is 0 Å². The number of halogens is 3. The summed E-state index contributed by atoms with van der Waals surface area (Å²) in [6, 6.07) is 9.18. The van der Waals surface area contributed by atoms with E-state index in [1.807, 2.05) is 18.2 Å². The number of anilines is 1. The van der Waals surface area contributed by atoms with Gasteiger partial charge in [0.05, 0.1) is 26.8 Å². The van der Waals surface area contributed by atoms with Gasteiger partial charge in [-0.3, -0.25) is 0 Å². The fourth-order valence-corrected chi connectivity index (χ4v) is 2.56. The molecule has 1 heterocycles. The molecular weight excluding hydrogens is 349 g/mol. The van der Waals surface area contributed by atoms with Gasteiger partial charge in [0, 0.05) is 10.0 Å². The van der Waals surface area contributed by atoms with E-state index in [1.165, 1.54) is 0 Å². The second-order valence-corrected chi connectivity index (χ2v) is 5.74. The highest BCUT2D eigenvalue weighted by molar-refractivity contribution is 9.10. The van der Waals surface area contributed by atoms with Gasteiger partial charge in [0.2, 0.25) is 0 Å². The third-order valence-corrected chi connectivity index (χ3v) is 4.25. The van der Waals surface area contributed by atoms with Gasteiger partial charge in [-0.2, -0.15) is 0 Å². The van der Waals surface area contributed by atoms with Crippen molar-refractivity contribution in [3.63, 3.8) is 0 Å². The molecule has 0 aliphatic rings. The minimum Gasteiger partial charge on any atom is -0.397 e. The molecule has 0 atom stereocenters. The Hall–Kier alpha value is -1.23. The van der Waals surface area contributed by atoms with Crippen molar-refractivity contribution in [2.45, 2.75) is 0 Å². The molecule has 0 fully saturated rings. The predicted octanol–water partition coefficient (Wildman–Crippen LogP) is 4.88. The largest absolute Gasteiger partial charge is 0.397 e. The van der Waals surface area contributed by atoms with Gasteiger partial charge >= 0.3 is 0 Å². The van der Waals surface area contributed by atoms with E-state index in [0.29, 0.717) is 21.6 Å². The molecule has 19 heavy (non-hydrogen) atoms. The van der Waals surface area contributed by atoms with E-state index in [4.69, 9.17) is 28.9 Å². The van der Waals surface area contributed by atoms with Crippen LogP contribution in [-0.4, -0.2) is 9.97 Å². The molecule has 3 N–H and O–H groups in total. The summed E-state index contributed by atoms with van der Waals surface area (Å²) in [5.41, 5.74) is 9.08. The van der Waals surface area contributed by atoms with Crippen LogP contribution in [0.25, 0.3) is 22.4 Å². The second kappa shape index (κ2) is 4.71. The van der Waals surface area contributed by atoms with E-state index in [1.54, 1.807) is 12.1 Å². The highest BCUT2D eigenvalue weighted by atomic mass is 79.9. The Morgan fingerprint density at radius 1 is 1.16 bits per heavy atom. The zero-order valence-corrected chi connectivity index (χ0v) is 12.6. The van der Waals surface area contributed by atoms with Crippen molar-refractivity contribution in [3.05, 3.63) is 44.8 Å². The zero-order chi connectivity index (χ0) is 13.6.